The zero-order valence-electron chi connectivity index (χ0n) is 9.94. The summed E-state index contributed by atoms with van der Waals surface area (Å²) in [6, 6.07) is 6.67. The molecule has 0 spiro atoms. The first kappa shape index (κ1) is 10.9. The van der Waals surface area contributed by atoms with Crippen LogP contribution in [-0.4, -0.2) is 4.98 Å². The van der Waals surface area contributed by atoms with E-state index in [-0.39, 0.29) is 6.04 Å². The Morgan fingerprint density at radius 3 is 2.88 bits per heavy atom. The highest BCUT2D eigenvalue weighted by Gasteiger charge is 2.16. The summed E-state index contributed by atoms with van der Waals surface area (Å²) in [5.41, 5.74) is 10.5. The number of thiazole rings is 1. The second kappa shape index (κ2) is 4.24. The molecule has 3 rings (SSSR count). The van der Waals surface area contributed by atoms with Gasteiger partial charge in [-0.25, -0.2) is 4.98 Å². The lowest BCUT2D eigenvalue weighted by Crippen LogP contribution is -2.10. The van der Waals surface area contributed by atoms with E-state index in [4.69, 9.17) is 5.73 Å². The summed E-state index contributed by atoms with van der Waals surface area (Å²) in [4.78, 5) is 5.43. The van der Waals surface area contributed by atoms with Gasteiger partial charge in [-0.05, 0) is 42.9 Å². The molecular weight excluding hydrogens is 228 g/mol. The van der Waals surface area contributed by atoms with Crippen molar-refractivity contribution >= 4 is 11.3 Å². The number of fused-ring (bicyclic) bond motifs is 1. The second-order valence-electron chi connectivity index (χ2n) is 4.64. The molecule has 0 fully saturated rings. The van der Waals surface area contributed by atoms with Crippen molar-refractivity contribution in [2.45, 2.75) is 32.2 Å². The van der Waals surface area contributed by atoms with Crippen molar-refractivity contribution in [3.05, 3.63) is 51.0 Å². The van der Waals surface area contributed by atoms with E-state index >= 15 is 0 Å². The molecule has 1 heterocycles. The lowest BCUT2D eigenvalue weighted by molar-refractivity contribution is 0.883. The summed E-state index contributed by atoms with van der Waals surface area (Å²) in [6.45, 7) is 2.02. The SMILES string of the molecule is Cc1ncc(C(N)c2ccc3c(c2)CCC3)s1. The maximum absolute atomic E-state index is 6.29. The molecule has 1 aliphatic carbocycles. The van der Waals surface area contributed by atoms with Crippen molar-refractivity contribution in [1.82, 2.24) is 4.98 Å². The predicted molar refractivity (Wildman–Crippen MR) is 71.3 cm³/mol. The summed E-state index contributed by atoms with van der Waals surface area (Å²) in [6.07, 6.45) is 5.62. The topological polar surface area (TPSA) is 38.9 Å². The summed E-state index contributed by atoms with van der Waals surface area (Å²) in [7, 11) is 0. The molecule has 2 N–H and O–H groups in total. The molecule has 0 radical (unpaired) electrons. The average Bonchev–Trinajstić information content (AvgIpc) is 2.95. The molecular formula is C14H16N2S. The molecule has 2 aromatic rings. The van der Waals surface area contributed by atoms with Crippen LogP contribution in [0.4, 0.5) is 0 Å². The van der Waals surface area contributed by atoms with Gasteiger partial charge in [0, 0.05) is 11.1 Å². The molecule has 0 bridgehead atoms. The zero-order valence-corrected chi connectivity index (χ0v) is 10.8. The third-order valence-corrected chi connectivity index (χ3v) is 4.42. The van der Waals surface area contributed by atoms with Gasteiger partial charge in [0.25, 0.3) is 0 Å². The highest BCUT2D eigenvalue weighted by Crippen LogP contribution is 2.29. The molecule has 1 unspecified atom stereocenters. The maximum atomic E-state index is 6.29. The van der Waals surface area contributed by atoms with Crippen molar-refractivity contribution in [2.75, 3.05) is 0 Å². The normalized spacial score (nSPS) is 15.9. The molecule has 0 amide bonds. The molecule has 0 aliphatic heterocycles. The van der Waals surface area contributed by atoms with Crippen LogP contribution in [0.25, 0.3) is 0 Å². The van der Waals surface area contributed by atoms with E-state index in [0.29, 0.717) is 0 Å². The van der Waals surface area contributed by atoms with E-state index in [1.807, 2.05) is 13.1 Å². The Hall–Kier alpha value is -1.19. The van der Waals surface area contributed by atoms with E-state index in [0.717, 1.165) is 9.88 Å². The summed E-state index contributed by atoms with van der Waals surface area (Å²) < 4.78 is 0. The molecule has 1 aromatic heterocycles. The molecule has 88 valence electrons. The van der Waals surface area contributed by atoms with Gasteiger partial charge in [0.2, 0.25) is 0 Å². The molecule has 3 heteroatoms. The molecule has 1 aromatic carbocycles. The highest BCUT2D eigenvalue weighted by molar-refractivity contribution is 7.11. The summed E-state index contributed by atoms with van der Waals surface area (Å²) >= 11 is 1.69. The van der Waals surface area contributed by atoms with Gasteiger partial charge in [0.15, 0.2) is 0 Å². The Balaban J connectivity index is 1.94. The van der Waals surface area contributed by atoms with Gasteiger partial charge >= 0.3 is 0 Å². The Morgan fingerprint density at radius 2 is 2.12 bits per heavy atom. The monoisotopic (exact) mass is 244 g/mol. The van der Waals surface area contributed by atoms with Gasteiger partial charge in [0.05, 0.1) is 11.0 Å². The fourth-order valence-electron chi connectivity index (χ4n) is 2.47. The third kappa shape index (κ3) is 2.01. The van der Waals surface area contributed by atoms with Gasteiger partial charge in [-0.2, -0.15) is 0 Å². The van der Waals surface area contributed by atoms with E-state index in [9.17, 15) is 0 Å². The molecule has 2 nitrogen and oxygen atoms in total. The molecule has 17 heavy (non-hydrogen) atoms. The van der Waals surface area contributed by atoms with Crippen LogP contribution in [0.2, 0.25) is 0 Å². The fraction of sp³-hybridized carbons (Fsp3) is 0.357. The second-order valence-corrected chi connectivity index (χ2v) is 5.91. The first-order valence-electron chi connectivity index (χ1n) is 6.03. The smallest absolute Gasteiger partial charge is 0.0897 e. The van der Waals surface area contributed by atoms with E-state index in [1.165, 1.54) is 36.0 Å². The quantitative estimate of drug-likeness (QED) is 0.882. The van der Waals surface area contributed by atoms with Crippen LogP contribution in [-0.2, 0) is 12.8 Å². The molecule has 1 atom stereocenters. The van der Waals surface area contributed by atoms with Crippen LogP contribution in [0, 0.1) is 6.92 Å². The first-order chi connectivity index (χ1) is 8.24. The Kier molecular flexibility index (Phi) is 2.73. The minimum Gasteiger partial charge on any atom is -0.320 e. The van der Waals surface area contributed by atoms with E-state index in [2.05, 4.69) is 23.2 Å². The number of aryl methyl sites for hydroxylation is 3. The molecule has 0 saturated carbocycles. The van der Waals surface area contributed by atoms with Gasteiger partial charge < -0.3 is 5.73 Å². The lowest BCUT2D eigenvalue weighted by Gasteiger charge is -2.11. The molecule has 1 aliphatic rings. The van der Waals surface area contributed by atoms with Crippen LogP contribution < -0.4 is 5.73 Å². The first-order valence-corrected chi connectivity index (χ1v) is 6.85. The van der Waals surface area contributed by atoms with E-state index in [1.54, 1.807) is 11.3 Å². The fourth-order valence-corrected chi connectivity index (χ4v) is 3.29. The van der Waals surface area contributed by atoms with Crippen LogP contribution >= 0.6 is 11.3 Å². The Morgan fingerprint density at radius 1 is 1.29 bits per heavy atom. The number of benzene rings is 1. The number of hydrogen-bond acceptors (Lipinski definition) is 3. The lowest BCUT2D eigenvalue weighted by atomic mass is 10.0. The number of rotatable bonds is 2. The Bertz CT molecular complexity index is 545. The number of nitrogens with zero attached hydrogens (tertiary/aromatic N) is 1. The van der Waals surface area contributed by atoms with Crippen LogP contribution in [0.3, 0.4) is 0 Å². The van der Waals surface area contributed by atoms with Crippen LogP contribution in [0.5, 0.6) is 0 Å². The van der Waals surface area contributed by atoms with Crippen molar-refractivity contribution in [3.8, 4) is 0 Å². The van der Waals surface area contributed by atoms with E-state index < -0.39 is 0 Å². The number of aromatic nitrogens is 1. The van der Waals surface area contributed by atoms with Crippen molar-refractivity contribution in [1.29, 1.82) is 0 Å². The number of hydrogen-bond donors (Lipinski definition) is 1. The Labute approximate surface area is 106 Å². The highest BCUT2D eigenvalue weighted by atomic mass is 32.1. The van der Waals surface area contributed by atoms with Gasteiger partial charge in [0.1, 0.15) is 0 Å². The zero-order chi connectivity index (χ0) is 11.8. The summed E-state index contributed by atoms with van der Waals surface area (Å²) in [5, 5.41) is 1.08. The van der Waals surface area contributed by atoms with Crippen molar-refractivity contribution in [2.24, 2.45) is 5.73 Å². The van der Waals surface area contributed by atoms with Crippen LogP contribution in [0.15, 0.2) is 24.4 Å². The largest absolute Gasteiger partial charge is 0.320 e. The van der Waals surface area contributed by atoms with Gasteiger partial charge in [-0.3, -0.25) is 0 Å². The van der Waals surface area contributed by atoms with Crippen LogP contribution in [0.1, 0.15) is 39.0 Å². The van der Waals surface area contributed by atoms with Crippen molar-refractivity contribution in [3.63, 3.8) is 0 Å². The third-order valence-electron chi connectivity index (χ3n) is 3.43. The maximum Gasteiger partial charge on any atom is 0.0897 e. The van der Waals surface area contributed by atoms with Gasteiger partial charge in [-0.15, -0.1) is 11.3 Å². The number of nitrogens with two attached hydrogens (primary N) is 1. The summed E-state index contributed by atoms with van der Waals surface area (Å²) in [5.74, 6) is 0. The molecule has 0 saturated heterocycles. The minimum atomic E-state index is -0.0212. The standard InChI is InChI=1S/C14H16N2S/c1-9-16-8-13(17-9)14(15)12-6-5-10-3-2-4-11(10)7-12/h5-8,14H,2-4,15H2,1H3. The average molecular weight is 244 g/mol. The predicted octanol–water partition coefficient (Wildman–Crippen LogP) is 2.99. The minimum absolute atomic E-state index is 0.0212. The van der Waals surface area contributed by atoms with Crippen molar-refractivity contribution < 1.29 is 0 Å². The van der Waals surface area contributed by atoms with Gasteiger partial charge in [-0.1, -0.05) is 18.2 Å².